The summed E-state index contributed by atoms with van der Waals surface area (Å²) in [6, 6.07) is 8.27. The second-order valence-electron chi connectivity index (χ2n) is 4.63. The Labute approximate surface area is 112 Å². The first kappa shape index (κ1) is 12.1. The van der Waals surface area contributed by atoms with Crippen molar-refractivity contribution >= 4 is 0 Å². The highest BCUT2D eigenvalue weighted by atomic mass is 16.5. The maximum Gasteiger partial charge on any atom is 0.124 e. The molecule has 3 rings (SSSR count). The van der Waals surface area contributed by atoms with Gasteiger partial charge < -0.3 is 10.1 Å². The van der Waals surface area contributed by atoms with E-state index in [-0.39, 0.29) is 12.1 Å². The number of fused-ring (bicyclic) bond motifs is 1. The van der Waals surface area contributed by atoms with E-state index in [9.17, 15) is 0 Å². The first-order valence-electron chi connectivity index (χ1n) is 6.62. The van der Waals surface area contributed by atoms with Crippen LogP contribution in [0.4, 0.5) is 0 Å². The van der Waals surface area contributed by atoms with Gasteiger partial charge in [0.05, 0.1) is 17.9 Å². The van der Waals surface area contributed by atoms with Gasteiger partial charge in [0.1, 0.15) is 11.9 Å². The van der Waals surface area contributed by atoms with E-state index in [0.717, 1.165) is 24.4 Å². The average Bonchev–Trinajstić information content (AvgIpc) is 2.89. The molecular formula is C15H17N3O. The summed E-state index contributed by atoms with van der Waals surface area (Å²) in [5.74, 6) is 0.985. The SMILES string of the molecule is CCNC(c1cnccn1)C1Cc2ccccc2O1. The lowest BCUT2D eigenvalue weighted by molar-refractivity contribution is 0.177. The zero-order valence-corrected chi connectivity index (χ0v) is 10.9. The molecule has 1 aliphatic rings. The topological polar surface area (TPSA) is 47.0 Å². The van der Waals surface area contributed by atoms with Crippen LogP contribution in [0.3, 0.4) is 0 Å². The van der Waals surface area contributed by atoms with Gasteiger partial charge in [-0.25, -0.2) is 0 Å². The summed E-state index contributed by atoms with van der Waals surface area (Å²) < 4.78 is 6.05. The van der Waals surface area contributed by atoms with Gasteiger partial charge in [-0.15, -0.1) is 0 Å². The summed E-state index contributed by atoms with van der Waals surface area (Å²) in [7, 11) is 0. The van der Waals surface area contributed by atoms with Crippen LogP contribution in [-0.4, -0.2) is 22.6 Å². The molecule has 1 N–H and O–H groups in total. The van der Waals surface area contributed by atoms with Crippen molar-refractivity contribution in [2.75, 3.05) is 6.54 Å². The number of aromatic nitrogens is 2. The standard InChI is InChI=1S/C15H17N3O/c1-2-17-15(12-10-16-7-8-18-12)14-9-11-5-3-4-6-13(11)19-14/h3-8,10,14-15,17H,2,9H2,1H3. The van der Waals surface area contributed by atoms with Crippen LogP contribution in [0.5, 0.6) is 5.75 Å². The van der Waals surface area contributed by atoms with Crippen molar-refractivity contribution in [1.29, 1.82) is 0 Å². The van der Waals surface area contributed by atoms with Crippen LogP contribution in [0.1, 0.15) is 24.2 Å². The van der Waals surface area contributed by atoms with E-state index < -0.39 is 0 Å². The van der Waals surface area contributed by atoms with Gasteiger partial charge in [0, 0.05) is 18.8 Å². The number of hydrogen-bond acceptors (Lipinski definition) is 4. The van der Waals surface area contributed by atoms with Crippen molar-refractivity contribution in [2.45, 2.75) is 25.5 Å². The van der Waals surface area contributed by atoms with E-state index in [1.807, 2.05) is 12.1 Å². The summed E-state index contributed by atoms with van der Waals surface area (Å²) in [6.45, 7) is 2.96. The van der Waals surface area contributed by atoms with Crippen LogP contribution >= 0.6 is 0 Å². The fourth-order valence-electron chi connectivity index (χ4n) is 2.51. The van der Waals surface area contributed by atoms with E-state index in [4.69, 9.17) is 4.74 Å². The molecular weight excluding hydrogens is 238 g/mol. The molecule has 2 atom stereocenters. The van der Waals surface area contributed by atoms with E-state index >= 15 is 0 Å². The molecule has 1 aromatic carbocycles. The van der Waals surface area contributed by atoms with Crippen LogP contribution in [0, 0.1) is 0 Å². The molecule has 0 aliphatic carbocycles. The van der Waals surface area contributed by atoms with E-state index in [1.54, 1.807) is 18.6 Å². The van der Waals surface area contributed by atoms with Crippen LogP contribution in [0.2, 0.25) is 0 Å². The molecule has 0 fully saturated rings. The van der Waals surface area contributed by atoms with Gasteiger partial charge in [0.15, 0.2) is 0 Å². The molecule has 2 heterocycles. The number of likely N-dealkylation sites (N-methyl/N-ethyl adjacent to an activating group) is 1. The quantitative estimate of drug-likeness (QED) is 0.909. The van der Waals surface area contributed by atoms with Crippen LogP contribution < -0.4 is 10.1 Å². The van der Waals surface area contributed by atoms with Crippen molar-refractivity contribution in [3.63, 3.8) is 0 Å². The number of rotatable bonds is 4. The van der Waals surface area contributed by atoms with Gasteiger partial charge in [-0.05, 0) is 18.2 Å². The molecule has 19 heavy (non-hydrogen) atoms. The van der Waals surface area contributed by atoms with Crippen LogP contribution in [0.25, 0.3) is 0 Å². The fraction of sp³-hybridized carbons (Fsp3) is 0.333. The molecule has 0 saturated carbocycles. The highest BCUT2D eigenvalue weighted by Gasteiger charge is 2.31. The highest BCUT2D eigenvalue weighted by Crippen LogP contribution is 2.33. The first-order chi connectivity index (χ1) is 9.38. The van der Waals surface area contributed by atoms with Gasteiger partial charge in [0.25, 0.3) is 0 Å². The highest BCUT2D eigenvalue weighted by molar-refractivity contribution is 5.38. The van der Waals surface area contributed by atoms with Gasteiger partial charge in [-0.2, -0.15) is 0 Å². The van der Waals surface area contributed by atoms with Gasteiger partial charge in [-0.1, -0.05) is 25.1 Å². The predicted molar refractivity (Wildman–Crippen MR) is 73.0 cm³/mol. The van der Waals surface area contributed by atoms with Gasteiger partial charge in [0.2, 0.25) is 0 Å². The van der Waals surface area contributed by atoms with E-state index in [1.165, 1.54) is 5.56 Å². The van der Waals surface area contributed by atoms with Gasteiger partial charge >= 0.3 is 0 Å². The molecule has 0 spiro atoms. The van der Waals surface area contributed by atoms with Gasteiger partial charge in [-0.3, -0.25) is 9.97 Å². The molecule has 4 nitrogen and oxygen atoms in total. The van der Waals surface area contributed by atoms with E-state index in [2.05, 4.69) is 34.3 Å². The molecule has 98 valence electrons. The second kappa shape index (κ2) is 5.36. The minimum absolute atomic E-state index is 0.0751. The summed E-state index contributed by atoms with van der Waals surface area (Å²) in [6.07, 6.45) is 6.21. The minimum Gasteiger partial charge on any atom is -0.488 e. The molecule has 1 aromatic heterocycles. The van der Waals surface area contributed by atoms with Crippen LogP contribution in [-0.2, 0) is 6.42 Å². The molecule has 0 saturated heterocycles. The third kappa shape index (κ3) is 2.44. The number of para-hydroxylation sites is 1. The fourth-order valence-corrected chi connectivity index (χ4v) is 2.51. The zero-order chi connectivity index (χ0) is 13.1. The summed E-state index contributed by atoms with van der Waals surface area (Å²) in [5.41, 5.74) is 2.20. The number of nitrogens with zero attached hydrogens (tertiary/aromatic N) is 2. The van der Waals surface area contributed by atoms with Crippen molar-refractivity contribution in [3.8, 4) is 5.75 Å². The Bertz CT molecular complexity index is 519. The molecule has 2 unspecified atom stereocenters. The third-order valence-electron chi connectivity index (χ3n) is 3.37. The minimum atomic E-state index is 0.0751. The summed E-state index contributed by atoms with van der Waals surface area (Å²) in [5, 5.41) is 3.45. The summed E-state index contributed by atoms with van der Waals surface area (Å²) >= 11 is 0. The Morgan fingerprint density at radius 1 is 1.37 bits per heavy atom. The molecule has 0 amide bonds. The second-order valence-corrected chi connectivity index (χ2v) is 4.63. The normalized spacial score (nSPS) is 18.7. The first-order valence-corrected chi connectivity index (χ1v) is 6.62. The lowest BCUT2D eigenvalue weighted by Gasteiger charge is -2.23. The molecule has 4 heteroatoms. The van der Waals surface area contributed by atoms with Crippen molar-refractivity contribution in [1.82, 2.24) is 15.3 Å². The van der Waals surface area contributed by atoms with Crippen LogP contribution in [0.15, 0.2) is 42.9 Å². The number of ether oxygens (including phenoxy) is 1. The predicted octanol–water partition coefficient (Wildman–Crippen LogP) is 2.13. The Balaban J connectivity index is 1.84. The molecule has 1 aliphatic heterocycles. The lowest BCUT2D eigenvalue weighted by atomic mass is 10.0. The van der Waals surface area contributed by atoms with Crippen molar-refractivity contribution in [2.24, 2.45) is 0 Å². The zero-order valence-electron chi connectivity index (χ0n) is 10.9. The average molecular weight is 255 g/mol. The molecule has 0 bridgehead atoms. The lowest BCUT2D eigenvalue weighted by Crippen LogP contribution is -2.35. The smallest absolute Gasteiger partial charge is 0.124 e. The Morgan fingerprint density at radius 3 is 3.00 bits per heavy atom. The molecule has 0 radical (unpaired) electrons. The maximum absolute atomic E-state index is 6.05. The Morgan fingerprint density at radius 2 is 2.26 bits per heavy atom. The van der Waals surface area contributed by atoms with Crippen molar-refractivity contribution in [3.05, 3.63) is 54.1 Å². The monoisotopic (exact) mass is 255 g/mol. The summed E-state index contributed by atoms with van der Waals surface area (Å²) in [4.78, 5) is 8.55. The number of hydrogen-bond donors (Lipinski definition) is 1. The number of benzene rings is 1. The van der Waals surface area contributed by atoms with Crippen molar-refractivity contribution < 1.29 is 4.74 Å². The number of nitrogens with one attached hydrogen (secondary N) is 1. The maximum atomic E-state index is 6.05. The van der Waals surface area contributed by atoms with E-state index in [0.29, 0.717) is 0 Å². The Hall–Kier alpha value is -1.94. The Kier molecular flexibility index (Phi) is 3.42. The third-order valence-corrected chi connectivity index (χ3v) is 3.37. The molecule has 2 aromatic rings. The largest absolute Gasteiger partial charge is 0.488 e.